The summed E-state index contributed by atoms with van der Waals surface area (Å²) in [5, 5.41) is 3.03. The van der Waals surface area contributed by atoms with Crippen LogP contribution in [-0.2, 0) is 16.0 Å². The van der Waals surface area contributed by atoms with Gasteiger partial charge < -0.3 is 10.2 Å². The number of carbonyl (C=O) groups is 2. The van der Waals surface area contributed by atoms with Gasteiger partial charge in [-0.2, -0.15) is 0 Å². The van der Waals surface area contributed by atoms with Crippen LogP contribution < -0.4 is 10.2 Å². The summed E-state index contributed by atoms with van der Waals surface area (Å²) < 4.78 is 0. The minimum Gasteiger partial charge on any atom is -0.325 e. The minimum absolute atomic E-state index is 0.0132. The molecule has 2 amide bonds. The van der Waals surface area contributed by atoms with E-state index >= 15 is 0 Å². The van der Waals surface area contributed by atoms with Gasteiger partial charge in [-0.3, -0.25) is 19.4 Å². The molecule has 0 radical (unpaired) electrons. The topological polar surface area (TPSA) is 55.9 Å². The quantitative estimate of drug-likeness (QED) is 0.784. The zero-order valence-electron chi connectivity index (χ0n) is 17.3. The highest BCUT2D eigenvalue weighted by molar-refractivity contribution is 5.94. The van der Waals surface area contributed by atoms with E-state index in [-0.39, 0.29) is 11.8 Å². The maximum absolute atomic E-state index is 12.5. The molecule has 0 saturated carbocycles. The second-order valence-corrected chi connectivity index (χ2v) is 7.40. The van der Waals surface area contributed by atoms with E-state index in [1.165, 1.54) is 0 Å². The van der Waals surface area contributed by atoms with E-state index in [9.17, 15) is 9.59 Å². The van der Waals surface area contributed by atoms with Gasteiger partial charge in [-0.25, -0.2) is 0 Å². The third kappa shape index (κ3) is 5.89. The van der Waals surface area contributed by atoms with Crippen LogP contribution in [0.15, 0.2) is 54.6 Å². The van der Waals surface area contributed by atoms with Gasteiger partial charge in [0, 0.05) is 44.6 Å². The molecule has 1 saturated heterocycles. The van der Waals surface area contributed by atoms with E-state index in [2.05, 4.69) is 22.0 Å². The highest BCUT2D eigenvalue weighted by atomic mass is 16.2. The Kier molecular flexibility index (Phi) is 7.38. The number of nitrogens with one attached hydrogen (secondary N) is 1. The molecule has 0 aromatic heterocycles. The number of piperazine rings is 1. The largest absolute Gasteiger partial charge is 0.325 e. The van der Waals surface area contributed by atoms with Crippen LogP contribution in [0.1, 0.15) is 12.5 Å². The van der Waals surface area contributed by atoms with Crippen molar-refractivity contribution >= 4 is 23.2 Å². The minimum atomic E-state index is 0.0132. The van der Waals surface area contributed by atoms with Crippen molar-refractivity contribution in [2.45, 2.75) is 13.3 Å². The van der Waals surface area contributed by atoms with E-state index in [1.54, 1.807) is 4.90 Å². The summed E-state index contributed by atoms with van der Waals surface area (Å²) in [6.07, 6.45) is 0.889. The number of para-hydroxylation sites is 2. The third-order valence-corrected chi connectivity index (χ3v) is 5.38. The molecule has 6 nitrogen and oxygen atoms in total. The van der Waals surface area contributed by atoms with Gasteiger partial charge in [0.2, 0.25) is 11.8 Å². The van der Waals surface area contributed by atoms with Gasteiger partial charge in [-0.15, -0.1) is 0 Å². The Labute approximate surface area is 173 Å². The van der Waals surface area contributed by atoms with Crippen molar-refractivity contribution in [2.75, 3.05) is 56.5 Å². The maximum atomic E-state index is 12.5. The van der Waals surface area contributed by atoms with Crippen molar-refractivity contribution < 1.29 is 9.59 Å². The van der Waals surface area contributed by atoms with Crippen molar-refractivity contribution in [3.8, 4) is 0 Å². The number of anilines is 2. The number of nitrogens with zero attached hydrogens (tertiary/aromatic N) is 3. The first-order valence-corrected chi connectivity index (χ1v) is 10.2. The van der Waals surface area contributed by atoms with E-state index in [4.69, 9.17) is 0 Å². The van der Waals surface area contributed by atoms with Crippen molar-refractivity contribution in [3.63, 3.8) is 0 Å². The lowest BCUT2D eigenvalue weighted by molar-refractivity contribution is -0.121. The van der Waals surface area contributed by atoms with Crippen LogP contribution in [0.3, 0.4) is 0 Å². The molecule has 29 heavy (non-hydrogen) atoms. The lowest BCUT2D eigenvalue weighted by atomic mass is 10.1. The van der Waals surface area contributed by atoms with Gasteiger partial charge in [0.05, 0.1) is 13.1 Å². The fraction of sp³-hybridized carbons (Fsp3) is 0.391. The van der Waals surface area contributed by atoms with Crippen LogP contribution in [0.25, 0.3) is 0 Å². The van der Waals surface area contributed by atoms with Crippen molar-refractivity contribution in [1.29, 1.82) is 0 Å². The first kappa shape index (κ1) is 21.0. The number of amides is 2. The third-order valence-electron chi connectivity index (χ3n) is 5.38. The summed E-state index contributed by atoms with van der Waals surface area (Å²) >= 11 is 0. The summed E-state index contributed by atoms with van der Waals surface area (Å²) in [4.78, 5) is 31.0. The van der Waals surface area contributed by atoms with Crippen LogP contribution in [0.4, 0.5) is 11.4 Å². The molecule has 0 unspecified atom stereocenters. The smallest absolute Gasteiger partial charge is 0.240 e. The van der Waals surface area contributed by atoms with Crippen molar-refractivity contribution in [2.24, 2.45) is 0 Å². The lowest BCUT2D eigenvalue weighted by Gasteiger charge is -2.34. The van der Waals surface area contributed by atoms with Gasteiger partial charge in [-0.05, 0) is 30.2 Å². The fourth-order valence-electron chi connectivity index (χ4n) is 3.54. The first-order valence-electron chi connectivity index (χ1n) is 10.2. The zero-order chi connectivity index (χ0) is 20.6. The van der Waals surface area contributed by atoms with E-state index in [1.807, 2.05) is 61.6 Å². The molecule has 1 aliphatic heterocycles. The average molecular weight is 395 g/mol. The van der Waals surface area contributed by atoms with E-state index in [0.29, 0.717) is 13.1 Å². The highest BCUT2D eigenvalue weighted by Crippen LogP contribution is 2.16. The number of aryl methyl sites for hydroxylation is 1. The second kappa shape index (κ2) is 10.2. The predicted molar refractivity (Wildman–Crippen MR) is 117 cm³/mol. The van der Waals surface area contributed by atoms with Gasteiger partial charge in [0.1, 0.15) is 0 Å². The average Bonchev–Trinajstić information content (AvgIpc) is 2.75. The fourth-order valence-corrected chi connectivity index (χ4v) is 3.54. The Morgan fingerprint density at radius 1 is 0.897 bits per heavy atom. The number of hydrogen-bond donors (Lipinski definition) is 1. The predicted octanol–water partition coefficient (Wildman–Crippen LogP) is 2.47. The van der Waals surface area contributed by atoms with Crippen LogP contribution in [0.2, 0.25) is 0 Å². The lowest BCUT2D eigenvalue weighted by Crippen LogP contribution is -2.51. The zero-order valence-corrected chi connectivity index (χ0v) is 17.3. The van der Waals surface area contributed by atoms with Crippen LogP contribution in [0, 0.1) is 0 Å². The van der Waals surface area contributed by atoms with Gasteiger partial charge in [-0.1, -0.05) is 43.3 Å². The molecule has 1 aliphatic rings. The summed E-state index contributed by atoms with van der Waals surface area (Å²) in [5.74, 6) is 0.0952. The SMILES string of the molecule is CCc1ccccc1NC(=O)CN1CCN(CC(=O)N(C)c2ccccc2)CC1. The Morgan fingerprint density at radius 2 is 1.48 bits per heavy atom. The Balaban J connectivity index is 1.43. The van der Waals surface area contributed by atoms with Crippen LogP contribution in [-0.4, -0.2) is 67.9 Å². The van der Waals surface area contributed by atoms with Gasteiger partial charge >= 0.3 is 0 Å². The number of hydrogen-bond acceptors (Lipinski definition) is 4. The Morgan fingerprint density at radius 3 is 2.14 bits per heavy atom. The summed E-state index contributed by atoms with van der Waals surface area (Å²) in [5.41, 5.74) is 2.94. The van der Waals surface area contributed by atoms with Crippen LogP contribution in [0.5, 0.6) is 0 Å². The highest BCUT2D eigenvalue weighted by Gasteiger charge is 2.22. The number of likely N-dealkylation sites (N-methyl/N-ethyl adjacent to an activating group) is 1. The maximum Gasteiger partial charge on any atom is 0.240 e. The molecule has 1 heterocycles. The molecule has 0 atom stereocenters. The van der Waals surface area contributed by atoms with Crippen LogP contribution >= 0.6 is 0 Å². The summed E-state index contributed by atoms with van der Waals surface area (Å²) in [6, 6.07) is 17.6. The Bertz CT molecular complexity index is 817. The van der Waals surface area contributed by atoms with Crippen molar-refractivity contribution in [3.05, 3.63) is 60.2 Å². The van der Waals surface area contributed by atoms with Gasteiger partial charge in [0.15, 0.2) is 0 Å². The molecule has 6 heteroatoms. The molecular formula is C23H30N4O2. The second-order valence-electron chi connectivity index (χ2n) is 7.40. The standard InChI is InChI=1S/C23H30N4O2/c1-3-19-9-7-8-12-21(19)24-22(28)17-26-13-15-27(16-14-26)18-23(29)25(2)20-10-5-4-6-11-20/h4-12H,3,13-18H2,1-2H3,(H,24,28). The molecule has 154 valence electrons. The van der Waals surface area contributed by atoms with Crippen molar-refractivity contribution in [1.82, 2.24) is 9.80 Å². The number of carbonyl (C=O) groups excluding carboxylic acids is 2. The molecule has 3 rings (SSSR count). The van der Waals surface area contributed by atoms with E-state index in [0.717, 1.165) is 49.5 Å². The monoisotopic (exact) mass is 394 g/mol. The molecule has 0 spiro atoms. The summed E-state index contributed by atoms with van der Waals surface area (Å²) in [7, 11) is 1.81. The molecule has 2 aromatic rings. The molecule has 0 bridgehead atoms. The normalized spacial score (nSPS) is 15.1. The first-order chi connectivity index (χ1) is 14.1. The summed E-state index contributed by atoms with van der Waals surface area (Å²) in [6.45, 7) is 6.00. The molecule has 1 fully saturated rings. The molecule has 0 aliphatic carbocycles. The van der Waals surface area contributed by atoms with E-state index < -0.39 is 0 Å². The van der Waals surface area contributed by atoms with Gasteiger partial charge in [0.25, 0.3) is 0 Å². The molecule has 2 aromatic carbocycles. The molecular weight excluding hydrogens is 364 g/mol. The number of benzene rings is 2. The molecule has 1 N–H and O–H groups in total. The Hall–Kier alpha value is -2.70. The number of rotatable bonds is 7.